The van der Waals surface area contributed by atoms with Gasteiger partial charge in [0.2, 0.25) is 0 Å². The summed E-state index contributed by atoms with van der Waals surface area (Å²) in [6, 6.07) is 0. The lowest BCUT2D eigenvalue weighted by molar-refractivity contribution is 0.647. The van der Waals surface area contributed by atoms with Gasteiger partial charge >= 0.3 is 0 Å². The maximum absolute atomic E-state index is 3.98. The summed E-state index contributed by atoms with van der Waals surface area (Å²) >= 11 is 0. The molecule has 0 heteroatoms. The van der Waals surface area contributed by atoms with E-state index in [0.29, 0.717) is 0 Å². The number of allylic oxidation sites excluding steroid dienone is 2. The van der Waals surface area contributed by atoms with Crippen molar-refractivity contribution < 1.29 is 0 Å². The molecule has 10 heavy (non-hydrogen) atoms. The standard InChI is InChI=1S/C10H19/c1-5-6-7-10(4)8-9(2)3/h7,9H,4-6,8H2,1-3H3/b10-7-. The Bertz CT molecular complexity index is 98.6. The number of hydrogen-bond donors (Lipinski definition) is 0. The molecule has 0 bridgehead atoms. The Hall–Kier alpha value is -0.260. The van der Waals surface area contributed by atoms with Crippen molar-refractivity contribution >= 4 is 0 Å². The molecule has 59 valence electrons. The Labute approximate surface area is 65.3 Å². The fraction of sp³-hybridized carbons (Fsp3) is 0.700. The third kappa shape index (κ3) is 5.87. The van der Waals surface area contributed by atoms with E-state index in [1.807, 2.05) is 0 Å². The van der Waals surface area contributed by atoms with E-state index in [4.69, 9.17) is 0 Å². The van der Waals surface area contributed by atoms with Crippen LogP contribution in [0.15, 0.2) is 11.6 Å². The van der Waals surface area contributed by atoms with Crippen LogP contribution in [-0.2, 0) is 0 Å². The van der Waals surface area contributed by atoms with E-state index in [0.717, 1.165) is 12.3 Å². The largest absolute Gasteiger partial charge is 0.0853 e. The van der Waals surface area contributed by atoms with E-state index >= 15 is 0 Å². The van der Waals surface area contributed by atoms with E-state index in [1.54, 1.807) is 0 Å². The number of unbranched alkanes of at least 4 members (excludes halogenated alkanes) is 1. The molecular formula is C10H19. The molecule has 0 spiro atoms. The summed E-state index contributed by atoms with van der Waals surface area (Å²) in [6.07, 6.45) is 5.82. The van der Waals surface area contributed by atoms with Crippen molar-refractivity contribution in [1.82, 2.24) is 0 Å². The molecule has 0 aromatic carbocycles. The van der Waals surface area contributed by atoms with Crippen LogP contribution in [0.5, 0.6) is 0 Å². The monoisotopic (exact) mass is 139 g/mol. The molecule has 0 rings (SSSR count). The minimum Gasteiger partial charge on any atom is -0.0853 e. The van der Waals surface area contributed by atoms with E-state index in [1.165, 1.54) is 18.4 Å². The highest BCUT2D eigenvalue weighted by molar-refractivity contribution is 5.05. The van der Waals surface area contributed by atoms with Gasteiger partial charge in [0.15, 0.2) is 0 Å². The van der Waals surface area contributed by atoms with Crippen molar-refractivity contribution in [2.75, 3.05) is 0 Å². The average Bonchev–Trinajstić information content (AvgIpc) is 1.82. The predicted molar refractivity (Wildman–Crippen MR) is 47.8 cm³/mol. The Morgan fingerprint density at radius 1 is 1.50 bits per heavy atom. The summed E-state index contributed by atoms with van der Waals surface area (Å²) in [5.41, 5.74) is 1.30. The van der Waals surface area contributed by atoms with Crippen LogP contribution >= 0.6 is 0 Å². The molecule has 0 unspecified atom stereocenters. The van der Waals surface area contributed by atoms with Crippen LogP contribution in [0.2, 0.25) is 0 Å². The van der Waals surface area contributed by atoms with Crippen LogP contribution in [0, 0.1) is 12.8 Å². The SMILES string of the molecule is [CH2]/C(=C/CCC)CC(C)C. The Balaban J connectivity index is 3.49. The van der Waals surface area contributed by atoms with Crippen molar-refractivity contribution in [3.63, 3.8) is 0 Å². The molecule has 0 aromatic rings. The van der Waals surface area contributed by atoms with Crippen molar-refractivity contribution in [2.24, 2.45) is 5.92 Å². The molecule has 0 aliphatic heterocycles. The summed E-state index contributed by atoms with van der Waals surface area (Å²) in [7, 11) is 0. The molecule has 0 nitrogen and oxygen atoms in total. The van der Waals surface area contributed by atoms with Crippen molar-refractivity contribution in [1.29, 1.82) is 0 Å². The Morgan fingerprint density at radius 3 is 2.50 bits per heavy atom. The van der Waals surface area contributed by atoms with E-state index in [2.05, 4.69) is 33.8 Å². The second-order valence-electron chi connectivity index (χ2n) is 3.25. The zero-order chi connectivity index (χ0) is 7.98. The van der Waals surface area contributed by atoms with Crippen LogP contribution in [0.1, 0.15) is 40.0 Å². The third-order valence-electron chi connectivity index (χ3n) is 1.39. The highest BCUT2D eigenvalue weighted by atomic mass is 14.0. The lowest BCUT2D eigenvalue weighted by atomic mass is 10.0. The molecule has 0 aromatic heterocycles. The Morgan fingerprint density at radius 2 is 2.10 bits per heavy atom. The van der Waals surface area contributed by atoms with Crippen molar-refractivity contribution in [3.05, 3.63) is 18.6 Å². The summed E-state index contributed by atoms with van der Waals surface area (Å²) in [5, 5.41) is 0. The minimum absolute atomic E-state index is 0.751. The van der Waals surface area contributed by atoms with Crippen molar-refractivity contribution in [2.45, 2.75) is 40.0 Å². The second kappa shape index (κ2) is 5.52. The quantitative estimate of drug-likeness (QED) is 0.558. The first-order chi connectivity index (χ1) is 4.66. The highest BCUT2D eigenvalue weighted by Gasteiger charge is 1.93. The van der Waals surface area contributed by atoms with E-state index in [9.17, 15) is 0 Å². The predicted octanol–water partition coefficient (Wildman–Crippen LogP) is 3.59. The minimum atomic E-state index is 0.751. The molecular weight excluding hydrogens is 120 g/mol. The molecule has 1 radical (unpaired) electrons. The van der Waals surface area contributed by atoms with Gasteiger partial charge in [-0.2, -0.15) is 0 Å². The van der Waals surface area contributed by atoms with Gasteiger partial charge in [0.25, 0.3) is 0 Å². The molecule has 0 saturated carbocycles. The lowest BCUT2D eigenvalue weighted by Crippen LogP contribution is -1.87. The van der Waals surface area contributed by atoms with Gasteiger partial charge in [-0.1, -0.05) is 38.8 Å². The zero-order valence-electron chi connectivity index (χ0n) is 7.48. The van der Waals surface area contributed by atoms with Crippen LogP contribution in [0.25, 0.3) is 0 Å². The molecule has 0 aliphatic rings. The molecule has 0 heterocycles. The molecule has 0 aliphatic carbocycles. The molecule has 0 N–H and O–H groups in total. The summed E-state index contributed by atoms with van der Waals surface area (Å²) in [4.78, 5) is 0. The smallest absolute Gasteiger partial charge is 0.0283 e. The van der Waals surface area contributed by atoms with E-state index in [-0.39, 0.29) is 0 Å². The van der Waals surface area contributed by atoms with Gasteiger partial charge < -0.3 is 0 Å². The Kier molecular flexibility index (Phi) is 5.38. The maximum atomic E-state index is 3.98. The highest BCUT2D eigenvalue weighted by Crippen LogP contribution is 2.10. The van der Waals surface area contributed by atoms with Crippen LogP contribution in [-0.4, -0.2) is 0 Å². The average molecular weight is 139 g/mol. The van der Waals surface area contributed by atoms with E-state index < -0.39 is 0 Å². The van der Waals surface area contributed by atoms with Crippen LogP contribution < -0.4 is 0 Å². The molecule has 0 saturated heterocycles. The molecule has 0 atom stereocenters. The molecule has 0 amide bonds. The van der Waals surface area contributed by atoms with Gasteiger partial charge in [0.05, 0.1) is 0 Å². The summed E-state index contributed by atoms with van der Waals surface area (Å²) in [6.45, 7) is 10.6. The summed E-state index contributed by atoms with van der Waals surface area (Å²) < 4.78 is 0. The second-order valence-corrected chi connectivity index (χ2v) is 3.25. The van der Waals surface area contributed by atoms with Gasteiger partial charge in [-0.15, -0.1) is 0 Å². The number of rotatable bonds is 4. The fourth-order valence-electron chi connectivity index (χ4n) is 0.956. The first kappa shape index (κ1) is 9.74. The maximum Gasteiger partial charge on any atom is -0.0283 e. The first-order valence-corrected chi connectivity index (χ1v) is 4.17. The number of hydrogen-bond acceptors (Lipinski definition) is 0. The first-order valence-electron chi connectivity index (χ1n) is 4.17. The third-order valence-corrected chi connectivity index (χ3v) is 1.39. The van der Waals surface area contributed by atoms with Gasteiger partial charge in [0.1, 0.15) is 0 Å². The normalized spacial score (nSPS) is 12.7. The molecule has 0 fully saturated rings. The van der Waals surface area contributed by atoms with Crippen molar-refractivity contribution in [3.8, 4) is 0 Å². The topological polar surface area (TPSA) is 0 Å². The lowest BCUT2D eigenvalue weighted by Gasteiger charge is -2.03. The van der Waals surface area contributed by atoms with Gasteiger partial charge in [-0.05, 0) is 25.7 Å². The van der Waals surface area contributed by atoms with Gasteiger partial charge in [0, 0.05) is 0 Å². The summed E-state index contributed by atoms with van der Waals surface area (Å²) in [5.74, 6) is 0.751. The zero-order valence-corrected chi connectivity index (χ0v) is 7.48. The van der Waals surface area contributed by atoms with Crippen LogP contribution in [0.4, 0.5) is 0 Å². The van der Waals surface area contributed by atoms with Gasteiger partial charge in [-0.25, -0.2) is 0 Å². The fourth-order valence-corrected chi connectivity index (χ4v) is 0.956. The van der Waals surface area contributed by atoms with Gasteiger partial charge in [-0.3, -0.25) is 0 Å². The van der Waals surface area contributed by atoms with Crippen LogP contribution in [0.3, 0.4) is 0 Å².